The summed E-state index contributed by atoms with van der Waals surface area (Å²) in [7, 11) is 1.58. The number of carbonyl (C=O) groups is 2. The number of carboxylic acid groups (broad SMARTS) is 1. The van der Waals surface area contributed by atoms with Gasteiger partial charge >= 0.3 is 5.97 Å². The molecule has 0 aliphatic carbocycles. The molecule has 0 spiro atoms. The van der Waals surface area contributed by atoms with Gasteiger partial charge in [0.1, 0.15) is 11.8 Å². The quantitative estimate of drug-likeness (QED) is 0.356. The Kier molecular flexibility index (Phi) is 9.66. The van der Waals surface area contributed by atoms with Crippen LogP contribution in [0.4, 0.5) is 0 Å². The average molecular weight is 505 g/mol. The van der Waals surface area contributed by atoms with E-state index in [1.54, 1.807) is 37.6 Å². The van der Waals surface area contributed by atoms with Gasteiger partial charge in [0.2, 0.25) is 5.91 Å². The molecular formula is C30H36N2O5. The maximum atomic E-state index is 13.7. The standard InChI is InChI=1S/C30H36N2O5/c1-5-6-14-26(32-17-10-13-23(30(32)36)18-22-11-8-7-9-12-22)29(35)31-25(19-28(33)34)24-15-16-27(37-4)21(3)20(24)2/h7-13,15-17,25-26H,5-6,14,18-19H2,1-4H3,(H,31,35)(H,33,34)/t25-,26?/m0/s1. The van der Waals surface area contributed by atoms with Crippen molar-refractivity contribution in [2.24, 2.45) is 0 Å². The van der Waals surface area contributed by atoms with Crippen LogP contribution in [0.5, 0.6) is 5.75 Å². The van der Waals surface area contributed by atoms with Crippen molar-refractivity contribution >= 4 is 11.9 Å². The summed E-state index contributed by atoms with van der Waals surface area (Å²) in [6, 6.07) is 15.4. The van der Waals surface area contributed by atoms with Crippen LogP contribution in [0.1, 0.15) is 72.5 Å². The van der Waals surface area contributed by atoms with Crippen LogP contribution in [-0.4, -0.2) is 28.7 Å². The lowest BCUT2D eigenvalue weighted by Crippen LogP contribution is -2.40. The zero-order valence-corrected chi connectivity index (χ0v) is 22.0. The first kappa shape index (κ1) is 27.7. The maximum Gasteiger partial charge on any atom is 0.305 e. The van der Waals surface area contributed by atoms with Gasteiger partial charge in [0.25, 0.3) is 5.56 Å². The lowest BCUT2D eigenvalue weighted by molar-refractivity contribution is -0.138. The number of methoxy groups -OCH3 is 1. The fourth-order valence-electron chi connectivity index (χ4n) is 4.64. The molecule has 3 aromatic rings. The number of aliphatic carboxylic acids is 1. The summed E-state index contributed by atoms with van der Waals surface area (Å²) in [6.45, 7) is 5.82. The molecule has 1 heterocycles. The third-order valence-electron chi connectivity index (χ3n) is 6.83. The zero-order chi connectivity index (χ0) is 26.9. The zero-order valence-electron chi connectivity index (χ0n) is 22.0. The first-order valence-corrected chi connectivity index (χ1v) is 12.7. The number of pyridine rings is 1. The van der Waals surface area contributed by atoms with Gasteiger partial charge in [-0.05, 0) is 54.7 Å². The van der Waals surface area contributed by atoms with E-state index in [2.05, 4.69) is 5.32 Å². The summed E-state index contributed by atoms with van der Waals surface area (Å²) in [5.74, 6) is -0.693. The summed E-state index contributed by atoms with van der Waals surface area (Å²) in [5, 5.41) is 12.6. The topological polar surface area (TPSA) is 97.6 Å². The van der Waals surface area contributed by atoms with Gasteiger partial charge in [-0.15, -0.1) is 0 Å². The monoisotopic (exact) mass is 504 g/mol. The van der Waals surface area contributed by atoms with E-state index in [4.69, 9.17) is 4.74 Å². The fourth-order valence-corrected chi connectivity index (χ4v) is 4.64. The molecule has 7 nitrogen and oxygen atoms in total. The number of ether oxygens (including phenoxy) is 1. The number of unbranched alkanes of at least 4 members (excludes halogenated alkanes) is 1. The van der Waals surface area contributed by atoms with Crippen molar-refractivity contribution in [3.05, 3.63) is 99.0 Å². The van der Waals surface area contributed by atoms with Gasteiger partial charge < -0.3 is 19.7 Å². The number of hydrogen-bond acceptors (Lipinski definition) is 4. The Morgan fingerprint density at radius 2 is 1.76 bits per heavy atom. The van der Waals surface area contributed by atoms with Crippen LogP contribution in [0.25, 0.3) is 0 Å². The predicted molar refractivity (Wildman–Crippen MR) is 144 cm³/mol. The molecule has 1 aromatic heterocycles. The van der Waals surface area contributed by atoms with Gasteiger partial charge in [0.15, 0.2) is 0 Å². The van der Waals surface area contributed by atoms with E-state index in [9.17, 15) is 19.5 Å². The number of hydrogen-bond donors (Lipinski definition) is 2. The third-order valence-corrected chi connectivity index (χ3v) is 6.83. The fraction of sp³-hybridized carbons (Fsp3) is 0.367. The van der Waals surface area contributed by atoms with Crippen molar-refractivity contribution in [2.75, 3.05) is 7.11 Å². The van der Waals surface area contributed by atoms with Crippen molar-refractivity contribution in [1.82, 2.24) is 9.88 Å². The predicted octanol–water partition coefficient (Wildman–Crippen LogP) is 5.13. The summed E-state index contributed by atoms with van der Waals surface area (Å²) in [6.07, 6.45) is 3.91. The average Bonchev–Trinajstić information content (AvgIpc) is 2.88. The van der Waals surface area contributed by atoms with Crippen LogP contribution >= 0.6 is 0 Å². The van der Waals surface area contributed by atoms with Gasteiger partial charge in [0, 0.05) is 18.2 Å². The number of benzene rings is 2. The Labute approximate surface area is 218 Å². The molecule has 0 aliphatic rings. The molecule has 3 rings (SSSR count). The molecular weight excluding hydrogens is 468 g/mol. The Morgan fingerprint density at radius 1 is 1.03 bits per heavy atom. The van der Waals surface area contributed by atoms with E-state index >= 15 is 0 Å². The number of amides is 1. The number of rotatable bonds is 12. The first-order chi connectivity index (χ1) is 17.8. The highest BCUT2D eigenvalue weighted by Crippen LogP contribution is 2.30. The molecule has 0 saturated carbocycles. The molecule has 0 saturated heterocycles. The van der Waals surface area contributed by atoms with E-state index in [1.807, 2.05) is 51.1 Å². The van der Waals surface area contributed by atoms with Crippen molar-refractivity contribution in [1.29, 1.82) is 0 Å². The Balaban J connectivity index is 1.96. The van der Waals surface area contributed by atoms with Gasteiger partial charge in [-0.2, -0.15) is 0 Å². The van der Waals surface area contributed by atoms with Crippen LogP contribution in [-0.2, 0) is 16.0 Å². The number of aromatic nitrogens is 1. The van der Waals surface area contributed by atoms with Gasteiger partial charge in [-0.1, -0.05) is 62.2 Å². The van der Waals surface area contributed by atoms with Gasteiger partial charge in [-0.3, -0.25) is 14.4 Å². The third kappa shape index (κ3) is 6.88. The molecule has 37 heavy (non-hydrogen) atoms. The molecule has 0 bridgehead atoms. The smallest absolute Gasteiger partial charge is 0.305 e. The van der Waals surface area contributed by atoms with Crippen LogP contribution < -0.4 is 15.6 Å². The van der Waals surface area contributed by atoms with Crippen LogP contribution in [0.3, 0.4) is 0 Å². The molecule has 0 aliphatic heterocycles. The highest BCUT2D eigenvalue weighted by Gasteiger charge is 2.27. The molecule has 2 aromatic carbocycles. The van der Waals surface area contributed by atoms with Crippen molar-refractivity contribution in [3.8, 4) is 5.75 Å². The van der Waals surface area contributed by atoms with E-state index in [0.717, 1.165) is 29.5 Å². The van der Waals surface area contributed by atoms with Crippen molar-refractivity contribution in [3.63, 3.8) is 0 Å². The molecule has 196 valence electrons. The molecule has 7 heteroatoms. The molecule has 1 amide bonds. The summed E-state index contributed by atoms with van der Waals surface area (Å²) in [4.78, 5) is 38.9. The lowest BCUT2D eigenvalue weighted by atomic mass is 9.94. The SMILES string of the molecule is CCCCC(C(=O)N[C@@H](CC(=O)O)c1ccc(OC)c(C)c1C)n1cccc(Cc2ccccc2)c1=O. The second-order valence-electron chi connectivity index (χ2n) is 9.33. The normalized spacial score (nSPS) is 12.5. The van der Waals surface area contributed by atoms with E-state index in [-0.39, 0.29) is 17.9 Å². The minimum Gasteiger partial charge on any atom is -0.496 e. The summed E-state index contributed by atoms with van der Waals surface area (Å²) < 4.78 is 6.88. The van der Waals surface area contributed by atoms with Crippen molar-refractivity contribution < 1.29 is 19.4 Å². The van der Waals surface area contributed by atoms with Gasteiger partial charge in [0.05, 0.1) is 19.6 Å². The van der Waals surface area contributed by atoms with E-state index < -0.39 is 18.1 Å². The highest BCUT2D eigenvalue weighted by atomic mass is 16.5. The second kappa shape index (κ2) is 12.9. The van der Waals surface area contributed by atoms with Crippen LogP contribution in [0.15, 0.2) is 65.6 Å². The maximum absolute atomic E-state index is 13.7. The second-order valence-corrected chi connectivity index (χ2v) is 9.33. The van der Waals surface area contributed by atoms with Crippen LogP contribution in [0.2, 0.25) is 0 Å². The van der Waals surface area contributed by atoms with E-state index in [0.29, 0.717) is 29.7 Å². The minimum atomic E-state index is -1.02. The molecule has 0 fully saturated rings. The summed E-state index contributed by atoms with van der Waals surface area (Å²) in [5.41, 5.74) is 3.86. The number of carbonyl (C=O) groups excluding carboxylic acids is 1. The minimum absolute atomic E-state index is 0.214. The number of nitrogens with zero attached hydrogens (tertiary/aromatic N) is 1. The largest absolute Gasteiger partial charge is 0.496 e. The first-order valence-electron chi connectivity index (χ1n) is 12.7. The van der Waals surface area contributed by atoms with Gasteiger partial charge in [-0.25, -0.2) is 0 Å². The number of nitrogens with one attached hydrogen (secondary N) is 1. The summed E-state index contributed by atoms with van der Waals surface area (Å²) >= 11 is 0. The van der Waals surface area contributed by atoms with E-state index in [1.165, 1.54) is 4.57 Å². The van der Waals surface area contributed by atoms with Crippen LogP contribution in [0, 0.1) is 13.8 Å². The Hall–Kier alpha value is -3.87. The highest BCUT2D eigenvalue weighted by molar-refractivity contribution is 5.81. The number of carboxylic acids is 1. The molecule has 2 atom stereocenters. The lowest BCUT2D eigenvalue weighted by Gasteiger charge is -2.26. The molecule has 2 N–H and O–H groups in total. The van der Waals surface area contributed by atoms with Crippen molar-refractivity contribution in [2.45, 2.75) is 65.0 Å². The molecule has 1 unspecified atom stereocenters. The molecule has 0 radical (unpaired) electrons. The Bertz CT molecular complexity index is 1280. The Morgan fingerprint density at radius 3 is 2.41 bits per heavy atom.